The van der Waals surface area contributed by atoms with Crippen molar-refractivity contribution in [3.63, 3.8) is 0 Å². The van der Waals surface area contributed by atoms with Crippen LogP contribution in [0.5, 0.6) is 0 Å². The lowest BCUT2D eigenvalue weighted by molar-refractivity contribution is 0.268. The van der Waals surface area contributed by atoms with E-state index in [9.17, 15) is 5.11 Å². The van der Waals surface area contributed by atoms with E-state index in [1.165, 1.54) is 0 Å². The standard InChI is InChI=1S/C31H28BN7O2/c1-2-9-26-20-10-3-5-12-22(20)28(35-26)36-29-24-14-7-8-15-25(24)31-37-30-23-13-6-4-11-21(23)27(33)38(30)32(39(29)31)41-19-17-34-16-18-40/h3-8,10-15,26,34,40H,16-19,33H2,1H3. The molecule has 4 N–H and O–H groups in total. The minimum absolute atomic E-state index is 0.0611. The summed E-state index contributed by atoms with van der Waals surface area (Å²) in [6.45, 7) is 3.32. The van der Waals surface area contributed by atoms with Crippen LogP contribution < -0.4 is 11.1 Å². The van der Waals surface area contributed by atoms with Gasteiger partial charge in [0.1, 0.15) is 29.3 Å². The maximum absolute atomic E-state index is 9.19. The van der Waals surface area contributed by atoms with Gasteiger partial charge >= 0.3 is 7.19 Å². The topological polar surface area (TPSA) is 113 Å². The van der Waals surface area contributed by atoms with Crippen LogP contribution in [0.3, 0.4) is 0 Å². The molecule has 1 aromatic heterocycles. The number of aliphatic imine (C=N–C) groups is 3. The molecule has 4 heterocycles. The molecule has 3 aliphatic rings. The van der Waals surface area contributed by atoms with Gasteiger partial charge in [-0.05, 0) is 12.5 Å². The third-order valence-corrected chi connectivity index (χ3v) is 7.53. The maximum Gasteiger partial charge on any atom is 0.562 e. The summed E-state index contributed by atoms with van der Waals surface area (Å²) in [6, 6.07) is 24.0. The first-order chi connectivity index (χ1) is 20.2. The van der Waals surface area contributed by atoms with Crippen molar-refractivity contribution in [3.05, 3.63) is 95.1 Å². The molecule has 1 unspecified atom stereocenters. The molecule has 4 aromatic rings. The zero-order valence-electron chi connectivity index (χ0n) is 22.6. The average Bonchev–Trinajstić information content (AvgIpc) is 3.62. The van der Waals surface area contributed by atoms with Crippen molar-refractivity contribution in [2.75, 3.05) is 32.0 Å². The first-order valence-electron chi connectivity index (χ1n) is 13.7. The second-order valence-electron chi connectivity index (χ2n) is 9.92. The molecule has 10 heteroatoms. The summed E-state index contributed by atoms with van der Waals surface area (Å²) in [5.74, 6) is 9.59. The Hall–Kier alpha value is -4.69. The number of aliphatic hydroxyl groups excluding tert-OH is 1. The SMILES string of the molecule is CC#CC1N=C(N=C2c3ccccc3C3=Nc4c5ccccc5c(N)n4B(OCCNCCO)N23)c2ccccc21. The number of nitrogens with two attached hydrogens (primary N) is 1. The van der Waals surface area contributed by atoms with Gasteiger partial charge in [-0.1, -0.05) is 78.7 Å². The second kappa shape index (κ2) is 10.4. The Morgan fingerprint density at radius 1 is 1.00 bits per heavy atom. The number of amidine groups is 3. The third kappa shape index (κ3) is 4.06. The van der Waals surface area contributed by atoms with Gasteiger partial charge in [-0.25, -0.2) is 15.0 Å². The smallest absolute Gasteiger partial charge is 0.396 e. The van der Waals surface area contributed by atoms with Gasteiger partial charge in [-0.2, -0.15) is 0 Å². The number of nitrogen functional groups attached to an aromatic ring is 1. The van der Waals surface area contributed by atoms with Crippen LogP contribution >= 0.6 is 0 Å². The van der Waals surface area contributed by atoms with E-state index in [1.807, 2.05) is 70.8 Å². The van der Waals surface area contributed by atoms with E-state index in [4.69, 9.17) is 25.4 Å². The molecule has 3 aromatic carbocycles. The number of hydrogen-bond acceptors (Lipinski definition) is 7. The number of aromatic nitrogens is 1. The van der Waals surface area contributed by atoms with Gasteiger partial charge in [0, 0.05) is 47.2 Å². The van der Waals surface area contributed by atoms with Gasteiger partial charge in [-0.15, -0.1) is 5.92 Å². The number of nitrogens with one attached hydrogen (secondary N) is 1. The molecule has 0 saturated carbocycles. The van der Waals surface area contributed by atoms with Crippen LogP contribution in [0.1, 0.15) is 35.2 Å². The van der Waals surface area contributed by atoms with E-state index in [2.05, 4.69) is 35.4 Å². The maximum atomic E-state index is 9.19. The fourth-order valence-corrected chi connectivity index (χ4v) is 5.73. The van der Waals surface area contributed by atoms with Crippen molar-refractivity contribution in [1.29, 1.82) is 0 Å². The highest BCUT2D eigenvalue weighted by atomic mass is 16.5. The fraction of sp³-hybridized carbons (Fsp3) is 0.194. The predicted octanol–water partition coefficient (Wildman–Crippen LogP) is 3.33. The van der Waals surface area contributed by atoms with E-state index in [-0.39, 0.29) is 12.6 Å². The lowest BCUT2D eigenvalue weighted by atomic mass is 9.94. The first-order valence-corrected chi connectivity index (χ1v) is 13.7. The Morgan fingerprint density at radius 2 is 1.73 bits per heavy atom. The second-order valence-corrected chi connectivity index (χ2v) is 9.92. The van der Waals surface area contributed by atoms with Crippen LogP contribution in [0.25, 0.3) is 10.8 Å². The number of hydrogen-bond donors (Lipinski definition) is 3. The van der Waals surface area contributed by atoms with Crippen LogP contribution in [0.4, 0.5) is 11.6 Å². The molecule has 0 spiro atoms. The molecule has 3 aliphatic heterocycles. The van der Waals surface area contributed by atoms with Gasteiger partial charge in [0.05, 0.1) is 6.61 Å². The lowest BCUT2D eigenvalue weighted by Gasteiger charge is -2.32. The number of nitrogens with zero attached hydrogens (tertiary/aromatic N) is 5. The molecule has 0 saturated heterocycles. The normalized spacial score (nSPS) is 17.5. The van der Waals surface area contributed by atoms with Crippen molar-refractivity contribution in [1.82, 2.24) is 14.6 Å². The van der Waals surface area contributed by atoms with Gasteiger partial charge in [-0.3, -0.25) is 0 Å². The monoisotopic (exact) mass is 541 g/mol. The summed E-state index contributed by atoms with van der Waals surface area (Å²) in [7, 11) is -0.643. The van der Waals surface area contributed by atoms with Crippen LogP contribution in [0.2, 0.25) is 0 Å². The Balaban J connectivity index is 1.41. The number of benzene rings is 3. The molecule has 7 rings (SSSR count). The lowest BCUT2D eigenvalue weighted by Crippen LogP contribution is -2.54. The van der Waals surface area contributed by atoms with E-state index < -0.39 is 7.19 Å². The molecule has 41 heavy (non-hydrogen) atoms. The highest BCUT2D eigenvalue weighted by Gasteiger charge is 2.47. The third-order valence-electron chi connectivity index (χ3n) is 7.53. The fourth-order valence-electron chi connectivity index (χ4n) is 5.73. The van der Waals surface area contributed by atoms with Crippen molar-refractivity contribution in [2.24, 2.45) is 15.0 Å². The Morgan fingerprint density at radius 3 is 2.54 bits per heavy atom. The number of fused-ring (bicyclic) bond motifs is 7. The van der Waals surface area contributed by atoms with Crippen LogP contribution in [0, 0.1) is 11.8 Å². The zero-order valence-corrected chi connectivity index (χ0v) is 22.6. The average molecular weight is 541 g/mol. The Labute approximate surface area is 238 Å². The molecule has 0 amide bonds. The molecule has 0 bridgehead atoms. The van der Waals surface area contributed by atoms with Gasteiger partial charge < -0.3 is 30.1 Å². The van der Waals surface area contributed by atoms with E-state index in [0.717, 1.165) is 44.7 Å². The highest BCUT2D eigenvalue weighted by molar-refractivity contribution is 6.61. The minimum Gasteiger partial charge on any atom is -0.396 e. The van der Waals surface area contributed by atoms with Crippen LogP contribution in [-0.4, -0.2) is 65.4 Å². The molecule has 0 radical (unpaired) electrons. The molecule has 0 fully saturated rings. The highest BCUT2D eigenvalue weighted by Crippen LogP contribution is 2.41. The number of rotatable bonds is 6. The van der Waals surface area contributed by atoms with Crippen LogP contribution in [-0.2, 0) is 4.65 Å². The molecule has 1 atom stereocenters. The summed E-state index contributed by atoms with van der Waals surface area (Å²) in [6.07, 6.45) is 0. The van der Waals surface area contributed by atoms with Gasteiger partial charge in [0.2, 0.25) is 0 Å². The molecular weight excluding hydrogens is 513 g/mol. The molecular formula is C31H28BN7O2. The Kier molecular flexibility index (Phi) is 6.40. The molecule has 0 aliphatic carbocycles. The summed E-state index contributed by atoms with van der Waals surface area (Å²) in [5.41, 5.74) is 10.7. The quantitative estimate of drug-likeness (QED) is 0.197. The van der Waals surface area contributed by atoms with Crippen molar-refractivity contribution in [3.8, 4) is 11.8 Å². The molecule has 9 nitrogen and oxygen atoms in total. The minimum atomic E-state index is -0.643. The van der Waals surface area contributed by atoms with Gasteiger partial charge in [0.15, 0.2) is 5.84 Å². The van der Waals surface area contributed by atoms with Crippen molar-refractivity contribution in [2.45, 2.75) is 13.0 Å². The first kappa shape index (κ1) is 25.3. The summed E-state index contributed by atoms with van der Waals surface area (Å²) < 4.78 is 8.52. The molecule has 202 valence electrons. The van der Waals surface area contributed by atoms with Crippen molar-refractivity contribution >= 4 is 47.1 Å². The Bertz CT molecular complexity index is 1830. The summed E-state index contributed by atoms with van der Waals surface area (Å²) in [4.78, 5) is 17.3. The van der Waals surface area contributed by atoms with Crippen LogP contribution in [0.15, 0.2) is 87.8 Å². The van der Waals surface area contributed by atoms with Crippen molar-refractivity contribution < 1.29 is 9.76 Å². The predicted molar refractivity (Wildman–Crippen MR) is 164 cm³/mol. The zero-order chi connectivity index (χ0) is 27.9. The number of aliphatic hydroxyl groups is 1. The van der Waals surface area contributed by atoms with E-state index >= 15 is 0 Å². The van der Waals surface area contributed by atoms with E-state index in [0.29, 0.717) is 37.2 Å². The van der Waals surface area contributed by atoms with E-state index in [1.54, 1.807) is 0 Å². The number of anilines is 1. The largest absolute Gasteiger partial charge is 0.562 e. The summed E-state index contributed by atoms with van der Waals surface area (Å²) in [5, 5.41) is 14.3. The van der Waals surface area contributed by atoms with Gasteiger partial charge in [0.25, 0.3) is 0 Å². The summed E-state index contributed by atoms with van der Waals surface area (Å²) >= 11 is 0.